The molecule has 1 aromatic carbocycles. The number of nitrogens with zero attached hydrogens (tertiary/aromatic N) is 3. The Hall–Kier alpha value is -1.88. The smallest absolute Gasteiger partial charge is 0.274 e. The van der Waals surface area contributed by atoms with Gasteiger partial charge in [-0.2, -0.15) is 5.10 Å². The summed E-state index contributed by atoms with van der Waals surface area (Å²) in [6, 6.07) is 6.30. The highest BCUT2D eigenvalue weighted by molar-refractivity contribution is 6.33. The SMILES string of the molecule is CCn1ncc(Cl)c1C(=O)N1CCCC1c1ccc(F)cc1. The predicted molar refractivity (Wildman–Crippen MR) is 82.3 cm³/mol. The van der Waals surface area contributed by atoms with Crippen molar-refractivity contribution < 1.29 is 9.18 Å². The Labute approximate surface area is 133 Å². The van der Waals surface area contributed by atoms with Crippen molar-refractivity contribution >= 4 is 17.5 Å². The number of amides is 1. The second-order valence-electron chi connectivity index (χ2n) is 5.37. The molecule has 1 atom stereocenters. The van der Waals surface area contributed by atoms with Crippen LogP contribution in [-0.2, 0) is 6.54 Å². The molecule has 1 aromatic heterocycles. The summed E-state index contributed by atoms with van der Waals surface area (Å²) < 4.78 is 14.7. The molecule has 0 bridgehead atoms. The van der Waals surface area contributed by atoms with E-state index in [0.717, 1.165) is 18.4 Å². The summed E-state index contributed by atoms with van der Waals surface area (Å²) in [5.74, 6) is -0.386. The minimum absolute atomic E-state index is 0.0376. The van der Waals surface area contributed by atoms with E-state index in [2.05, 4.69) is 5.10 Å². The fraction of sp³-hybridized carbons (Fsp3) is 0.375. The number of aryl methyl sites for hydroxylation is 1. The molecule has 1 amide bonds. The molecule has 1 saturated heterocycles. The van der Waals surface area contributed by atoms with E-state index in [9.17, 15) is 9.18 Å². The summed E-state index contributed by atoms with van der Waals surface area (Å²) in [4.78, 5) is 14.7. The van der Waals surface area contributed by atoms with E-state index in [4.69, 9.17) is 11.6 Å². The minimum atomic E-state index is -0.272. The lowest BCUT2D eigenvalue weighted by Crippen LogP contribution is -2.32. The zero-order valence-electron chi connectivity index (χ0n) is 12.3. The highest BCUT2D eigenvalue weighted by atomic mass is 35.5. The van der Waals surface area contributed by atoms with E-state index in [-0.39, 0.29) is 17.8 Å². The Morgan fingerprint density at radius 3 is 2.82 bits per heavy atom. The molecule has 116 valence electrons. The normalized spacial score (nSPS) is 18.0. The van der Waals surface area contributed by atoms with Crippen LogP contribution < -0.4 is 0 Å². The number of aromatic nitrogens is 2. The van der Waals surface area contributed by atoms with E-state index in [1.807, 2.05) is 11.8 Å². The van der Waals surface area contributed by atoms with Gasteiger partial charge in [-0.25, -0.2) is 4.39 Å². The maximum Gasteiger partial charge on any atom is 0.274 e. The molecule has 0 spiro atoms. The summed E-state index contributed by atoms with van der Waals surface area (Å²) in [6.07, 6.45) is 3.29. The van der Waals surface area contributed by atoms with Gasteiger partial charge in [-0.3, -0.25) is 9.48 Å². The molecule has 4 nitrogen and oxygen atoms in total. The van der Waals surface area contributed by atoms with Gasteiger partial charge in [-0.15, -0.1) is 0 Å². The van der Waals surface area contributed by atoms with Crippen LogP contribution in [0.25, 0.3) is 0 Å². The molecule has 1 fully saturated rings. The van der Waals surface area contributed by atoms with Gasteiger partial charge in [0.25, 0.3) is 5.91 Å². The summed E-state index contributed by atoms with van der Waals surface area (Å²) in [7, 11) is 0. The first-order valence-electron chi connectivity index (χ1n) is 7.39. The first-order chi connectivity index (χ1) is 10.6. The van der Waals surface area contributed by atoms with Crippen LogP contribution in [0.4, 0.5) is 4.39 Å². The summed E-state index contributed by atoms with van der Waals surface area (Å²) >= 11 is 6.13. The van der Waals surface area contributed by atoms with Gasteiger partial charge in [0.1, 0.15) is 11.5 Å². The fourth-order valence-electron chi connectivity index (χ4n) is 2.99. The molecule has 1 aliphatic rings. The van der Waals surface area contributed by atoms with Crippen molar-refractivity contribution in [3.8, 4) is 0 Å². The topological polar surface area (TPSA) is 38.1 Å². The summed E-state index contributed by atoms with van der Waals surface area (Å²) in [6.45, 7) is 3.18. The zero-order valence-corrected chi connectivity index (χ0v) is 13.1. The first kappa shape index (κ1) is 15.0. The molecule has 0 radical (unpaired) electrons. The van der Waals surface area contributed by atoms with Crippen molar-refractivity contribution in [3.05, 3.63) is 52.6 Å². The molecule has 0 N–H and O–H groups in total. The van der Waals surface area contributed by atoms with Gasteiger partial charge in [0.05, 0.1) is 17.3 Å². The van der Waals surface area contributed by atoms with Crippen molar-refractivity contribution in [1.29, 1.82) is 0 Å². The zero-order chi connectivity index (χ0) is 15.7. The molecule has 2 heterocycles. The maximum atomic E-state index is 13.1. The summed E-state index contributed by atoms with van der Waals surface area (Å²) in [5, 5.41) is 4.50. The monoisotopic (exact) mass is 321 g/mol. The Bertz CT molecular complexity index is 683. The number of likely N-dealkylation sites (tertiary alicyclic amines) is 1. The second kappa shape index (κ2) is 6.08. The first-order valence-corrected chi connectivity index (χ1v) is 7.77. The molecule has 6 heteroatoms. The largest absolute Gasteiger partial charge is 0.330 e. The number of rotatable bonds is 3. The Morgan fingerprint density at radius 2 is 2.14 bits per heavy atom. The number of benzene rings is 1. The fourth-order valence-corrected chi connectivity index (χ4v) is 3.21. The maximum absolute atomic E-state index is 13.1. The van der Waals surface area contributed by atoms with Crippen molar-refractivity contribution in [2.45, 2.75) is 32.4 Å². The average molecular weight is 322 g/mol. The van der Waals surface area contributed by atoms with Crippen LogP contribution >= 0.6 is 11.6 Å². The van der Waals surface area contributed by atoms with Gasteiger partial charge >= 0.3 is 0 Å². The highest BCUT2D eigenvalue weighted by Gasteiger charge is 2.33. The average Bonchev–Trinajstić information content (AvgIpc) is 3.14. The Kier molecular flexibility index (Phi) is 4.16. The van der Waals surface area contributed by atoms with Gasteiger partial charge in [-0.05, 0) is 37.5 Å². The van der Waals surface area contributed by atoms with E-state index in [1.54, 1.807) is 16.8 Å². The van der Waals surface area contributed by atoms with Crippen LogP contribution in [0, 0.1) is 5.82 Å². The Morgan fingerprint density at radius 1 is 1.41 bits per heavy atom. The van der Waals surface area contributed by atoms with Gasteiger partial charge in [-0.1, -0.05) is 23.7 Å². The molecule has 0 saturated carbocycles. The Balaban J connectivity index is 1.91. The number of hydrogen-bond acceptors (Lipinski definition) is 2. The van der Waals surface area contributed by atoms with Crippen molar-refractivity contribution in [2.24, 2.45) is 0 Å². The minimum Gasteiger partial charge on any atom is -0.330 e. The van der Waals surface area contributed by atoms with Crippen molar-refractivity contribution in [3.63, 3.8) is 0 Å². The van der Waals surface area contributed by atoms with E-state index in [1.165, 1.54) is 18.3 Å². The lowest BCUT2D eigenvalue weighted by Gasteiger charge is -2.25. The van der Waals surface area contributed by atoms with Crippen LogP contribution in [0.5, 0.6) is 0 Å². The predicted octanol–water partition coefficient (Wildman–Crippen LogP) is 3.67. The third-order valence-corrected chi connectivity index (χ3v) is 4.34. The molecular weight excluding hydrogens is 305 g/mol. The van der Waals surface area contributed by atoms with Crippen LogP contribution in [-0.4, -0.2) is 27.1 Å². The summed E-state index contributed by atoms with van der Waals surface area (Å²) in [5.41, 5.74) is 1.38. The number of carbonyl (C=O) groups is 1. The molecule has 1 aliphatic heterocycles. The number of carbonyl (C=O) groups excluding carboxylic acids is 1. The third kappa shape index (κ3) is 2.61. The molecule has 3 rings (SSSR count). The standard InChI is InChI=1S/C16H17ClFN3O/c1-2-21-15(13(17)10-19-21)16(22)20-9-3-4-14(20)11-5-7-12(18)8-6-11/h5-8,10,14H,2-4,9H2,1H3. The van der Waals surface area contributed by atoms with Crippen LogP contribution in [0.3, 0.4) is 0 Å². The third-order valence-electron chi connectivity index (χ3n) is 4.07. The lowest BCUT2D eigenvalue weighted by molar-refractivity contribution is 0.0723. The second-order valence-corrected chi connectivity index (χ2v) is 5.77. The van der Waals surface area contributed by atoms with E-state index >= 15 is 0 Å². The lowest BCUT2D eigenvalue weighted by atomic mass is 10.0. The van der Waals surface area contributed by atoms with Crippen LogP contribution in [0.1, 0.15) is 41.9 Å². The van der Waals surface area contributed by atoms with Crippen molar-refractivity contribution in [1.82, 2.24) is 14.7 Å². The van der Waals surface area contributed by atoms with Gasteiger partial charge in [0.15, 0.2) is 0 Å². The number of hydrogen-bond donors (Lipinski definition) is 0. The quantitative estimate of drug-likeness (QED) is 0.865. The van der Waals surface area contributed by atoms with Gasteiger partial charge in [0.2, 0.25) is 0 Å². The molecule has 0 aliphatic carbocycles. The van der Waals surface area contributed by atoms with Gasteiger partial charge < -0.3 is 4.90 Å². The van der Waals surface area contributed by atoms with Gasteiger partial charge in [0, 0.05) is 13.1 Å². The van der Waals surface area contributed by atoms with Crippen LogP contribution in [0.2, 0.25) is 5.02 Å². The van der Waals surface area contributed by atoms with E-state index in [0.29, 0.717) is 23.8 Å². The molecule has 22 heavy (non-hydrogen) atoms. The highest BCUT2D eigenvalue weighted by Crippen LogP contribution is 2.34. The number of halogens is 2. The molecule has 1 unspecified atom stereocenters. The molecular formula is C16H17ClFN3O. The van der Waals surface area contributed by atoms with Crippen molar-refractivity contribution in [2.75, 3.05) is 6.54 Å². The van der Waals surface area contributed by atoms with E-state index < -0.39 is 0 Å². The van der Waals surface area contributed by atoms with Crippen LogP contribution in [0.15, 0.2) is 30.5 Å². The molecule has 2 aromatic rings.